The largest absolute Gasteiger partial charge is 0.461 e. The van der Waals surface area contributed by atoms with Crippen molar-refractivity contribution in [2.24, 2.45) is 17.4 Å². The molecule has 0 heterocycles. The number of hydrogen-bond donors (Lipinski definition) is 2. The lowest BCUT2D eigenvalue weighted by Crippen LogP contribution is -2.26. The van der Waals surface area contributed by atoms with Crippen LogP contribution < -0.4 is 11.5 Å². The molecular weight excluding hydrogens is 248 g/mol. The Labute approximate surface area is 113 Å². The van der Waals surface area contributed by atoms with Crippen LogP contribution in [0.15, 0.2) is 11.1 Å². The number of carbonyl (C=O) groups is 2. The molecule has 0 aliphatic heterocycles. The maximum absolute atomic E-state index is 12.0. The van der Waals surface area contributed by atoms with Crippen molar-refractivity contribution >= 4 is 11.9 Å². The molecule has 0 spiro atoms. The van der Waals surface area contributed by atoms with Crippen LogP contribution in [0.5, 0.6) is 0 Å². The first-order valence-corrected chi connectivity index (χ1v) is 6.59. The molecule has 1 unspecified atom stereocenters. The third-order valence-corrected chi connectivity index (χ3v) is 3.05. The standard InChI is InChI=1S/C13H22N2O4/c1-9-3-2-4-10(12(16)18-7-5-14)11(9)13(17)19-8-6-15/h9H,2-8,14-15H2,1H3. The average molecular weight is 270 g/mol. The molecular formula is C13H22N2O4. The molecule has 19 heavy (non-hydrogen) atoms. The Balaban J connectivity index is 2.89. The van der Waals surface area contributed by atoms with Crippen molar-refractivity contribution in [1.82, 2.24) is 0 Å². The van der Waals surface area contributed by atoms with Crippen LogP contribution >= 0.6 is 0 Å². The van der Waals surface area contributed by atoms with Gasteiger partial charge in [0.1, 0.15) is 13.2 Å². The van der Waals surface area contributed by atoms with Gasteiger partial charge in [-0.1, -0.05) is 6.92 Å². The van der Waals surface area contributed by atoms with E-state index in [0.29, 0.717) is 17.6 Å². The van der Waals surface area contributed by atoms with Crippen LogP contribution in [0, 0.1) is 5.92 Å². The van der Waals surface area contributed by atoms with Crippen LogP contribution in [0.3, 0.4) is 0 Å². The highest BCUT2D eigenvalue weighted by Crippen LogP contribution is 2.31. The van der Waals surface area contributed by atoms with Gasteiger partial charge >= 0.3 is 11.9 Å². The molecule has 4 N–H and O–H groups in total. The Bertz CT molecular complexity index is 366. The zero-order valence-corrected chi connectivity index (χ0v) is 11.3. The summed E-state index contributed by atoms with van der Waals surface area (Å²) in [5.74, 6) is -0.923. The van der Waals surface area contributed by atoms with Gasteiger partial charge in [-0.25, -0.2) is 9.59 Å². The summed E-state index contributed by atoms with van der Waals surface area (Å²) < 4.78 is 10.0. The molecule has 0 aromatic heterocycles. The maximum Gasteiger partial charge on any atom is 0.334 e. The van der Waals surface area contributed by atoms with Gasteiger partial charge in [-0.05, 0) is 25.2 Å². The first-order chi connectivity index (χ1) is 9.11. The molecule has 0 aromatic carbocycles. The predicted octanol–water partition coefficient (Wildman–Crippen LogP) is 0.107. The molecule has 6 nitrogen and oxygen atoms in total. The third kappa shape index (κ3) is 4.33. The molecule has 0 saturated carbocycles. The fourth-order valence-electron chi connectivity index (χ4n) is 2.17. The van der Waals surface area contributed by atoms with Crippen molar-refractivity contribution in [3.63, 3.8) is 0 Å². The molecule has 1 aliphatic carbocycles. The minimum atomic E-state index is -0.461. The molecule has 108 valence electrons. The van der Waals surface area contributed by atoms with Crippen LogP contribution in [0.4, 0.5) is 0 Å². The fourth-order valence-corrected chi connectivity index (χ4v) is 2.17. The van der Waals surface area contributed by atoms with E-state index in [1.165, 1.54) is 0 Å². The number of esters is 2. The van der Waals surface area contributed by atoms with Gasteiger partial charge in [-0.3, -0.25) is 0 Å². The van der Waals surface area contributed by atoms with Crippen LogP contribution in [0.25, 0.3) is 0 Å². The minimum Gasteiger partial charge on any atom is -0.461 e. The Hall–Kier alpha value is -1.40. The number of rotatable bonds is 6. The molecule has 6 heteroatoms. The van der Waals surface area contributed by atoms with Crippen molar-refractivity contribution < 1.29 is 19.1 Å². The highest BCUT2D eigenvalue weighted by molar-refractivity contribution is 6.01. The van der Waals surface area contributed by atoms with Crippen molar-refractivity contribution in [2.75, 3.05) is 26.3 Å². The zero-order chi connectivity index (χ0) is 14.3. The highest BCUT2D eigenvalue weighted by Gasteiger charge is 2.30. The summed E-state index contributed by atoms with van der Waals surface area (Å²) in [6, 6.07) is 0. The fraction of sp³-hybridized carbons (Fsp3) is 0.692. The molecule has 1 atom stereocenters. The third-order valence-electron chi connectivity index (χ3n) is 3.05. The molecule has 1 rings (SSSR count). The second-order valence-electron chi connectivity index (χ2n) is 4.53. The lowest BCUT2D eigenvalue weighted by Gasteiger charge is -2.23. The van der Waals surface area contributed by atoms with Crippen molar-refractivity contribution in [3.8, 4) is 0 Å². The molecule has 0 saturated heterocycles. The summed E-state index contributed by atoms with van der Waals surface area (Å²) in [6.07, 6.45) is 2.27. The van der Waals surface area contributed by atoms with Gasteiger partial charge in [-0.2, -0.15) is 0 Å². The van der Waals surface area contributed by atoms with Crippen molar-refractivity contribution in [2.45, 2.75) is 26.2 Å². The summed E-state index contributed by atoms with van der Waals surface area (Å²) in [4.78, 5) is 23.9. The van der Waals surface area contributed by atoms with Crippen molar-refractivity contribution in [3.05, 3.63) is 11.1 Å². The summed E-state index contributed by atoms with van der Waals surface area (Å²) in [5.41, 5.74) is 11.5. The second kappa shape index (κ2) is 7.91. The molecule has 0 fully saturated rings. The first-order valence-electron chi connectivity index (χ1n) is 6.59. The van der Waals surface area contributed by atoms with Gasteiger partial charge in [0.25, 0.3) is 0 Å². The summed E-state index contributed by atoms with van der Waals surface area (Å²) in [6.45, 7) is 2.75. The SMILES string of the molecule is CC1CCCC(C(=O)OCCN)=C1C(=O)OCCN. The number of hydrogen-bond acceptors (Lipinski definition) is 6. The van der Waals surface area contributed by atoms with Crippen LogP contribution in [0.2, 0.25) is 0 Å². The van der Waals surface area contributed by atoms with Crippen molar-refractivity contribution in [1.29, 1.82) is 0 Å². The van der Waals surface area contributed by atoms with Gasteiger partial charge in [0.15, 0.2) is 0 Å². The number of nitrogens with two attached hydrogens (primary N) is 2. The van der Waals surface area contributed by atoms with Crippen LogP contribution in [-0.4, -0.2) is 38.2 Å². The highest BCUT2D eigenvalue weighted by atomic mass is 16.5. The zero-order valence-electron chi connectivity index (χ0n) is 11.3. The number of ether oxygens (including phenoxy) is 2. The van der Waals surface area contributed by atoms with E-state index in [1.54, 1.807) is 0 Å². The Kier molecular flexibility index (Phi) is 6.52. The van der Waals surface area contributed by atoms with E-state index in [4.69, 9.17) is 20.9 Å². The Morgan fingerprint density at radius 1 is 1.16 bits per heavy atom. The maximum atomic E-state index is 12.0. The topological polar surface area (TPSA) is 105 Å². The van der Waals surface area contributed by atoms with E-state index >= 15 is 0 Å². The van der Waals surface area contributed by atoms with Gasteiger partial charge in [-0.15, -0.1) is 0 Å². The average Bonchev–Trinajstić information content (AvgIpc) is 2.41. The van der Waals surface area contributed by atoms with E-state index in [1.807, 2.05) is 6.92 Å². The van der Waals surface area contributed by atoms with E-state index in [-0.39, 0.29) is 32.2 Å². The van der Waals surface area contributed by atoms with E-state index in [2.05, 4.69) is 0 Å². The Morgan fingerprint density at radius 3 is 2.32 bits per heavy atom. The van der Waals surface area contributed by atoms with E-state index in [9.17, 15) is 9.59 Å². The molecule has 0 amide bonds. The quantitative estimate of drug-likeness (QED) is 0.664. The number of carbonyl (C=O) groups excluding carboxylic acids is 2. The molecule has 0 aromatic rings. The minimum absolute atomic E-state index is 0.000508. The van der Waals surface area contributed by atoms with Crippen LogP contribution in [0.1, 0.15) is 26.2 Å². The van der Waals surface area contributed by atoms with Crippen LogP contribution in [-0.2, 0) is 19.1 Å². The normalized spacial score (nSPS) is 19.2. The Morgan fingerprint density at radius 2 is 1.74 bits per heavy atom. The van der Waals surface area contributed by atoms with Gasteiger partial charge < -0.3 is 20.9 Å². The predicted molar refractivity (Wildman–Crippen MR) is 70.1 cm³/mol. The second-order valence-corrected chi connectivity index (χ2v) is 4.53. The first kappa shape index (κ1) is 15.7. The smallest absolute Gasteiger partial charge is 0.334 e. The molecule has 1 aliphatic rings. The molecule has 0 radical (unpaired) electrons. The summed E-state index contributed by atoms with van der Waals surface area (Å²) in [5, 5.41) is 0. The van der Waals surface area contributed by atoms with E-state index in [0.717, 1.165) is 12.8 Å². The molecule has 0 bridgehead atoms. The summed E-state index contributed by atoms with van der Waals surface area (Å²) in [7, 11) is 0. The lowest BCUT2D eigenvalue weighted by molar-refractivity contribution is -0.143. The monoisotopic (exact) mass is 270 g/mol. The van der Waals surface area contributed by atoms with E-state index < -0.39 is 11.9 Å². The van der Waals surface area contributed by atoms with Gasteiger partial charge in [0, 0.05) is 18.7 Å². The van der Waals surface area contributed by atoms with Gasteiger partial charge in [0.05, 0.1) is 5.57 Å². The lowest BCUT2D eigenvalue weighted by atomic mass is 9.84. The summed E-state index contributed by atoms with van der Waals surface area (Å²) >= 11 is 0. The van der Waals surface area contributed by atoms with Gasteiger partial charge in [0.2, 0.25) is 0 Å².